The summed E-state index contributed by atoms with van der Waals surface area (Å²) in [5.74, 6) is 0.235. The van der Waals surface area contributed by atoms with E-state index in [1.165, 1.54) is 30.4 Å². The Morgan fingerprint density at radius 3 is 2.60 bits per heavy atom. The van der Waals surface area contributed by atoms with Crippen molar-refractivity contribution in [1.29, 1.82) is 0 Å². The van der Waals surface area contributed by atoms with Crippen molar-refractivity contribution in [2.24, 2.45) is 11.7 Å². The zero-order valence-electron chi connectivity index (χ0n) is 18.3. The van der Waals surface area contributed by atoms with E-state index in [0.717, 1.165) is 19.3 Å². The topological polar surface area (TPSA) is 84.7 Å². The van der Waals surface area contributed by atoms with Gasteiger partial charge in [-0.15, -0.1) is 0 Å². The first-order valence-corrected chi connectivity index (χ1v) is 11.3. The molecule has 30 heavy (non-hydrogen) atoms. The molecule has 1 aromatic rings. The molecule has 2 fully saturated rings. The fourth-order valence-corrected chi connectivity index (χ4v) is 4.82. The van der Waals surface area contributed by atoms with Crippen LogP contribution in [0.3, 0.4) is 0 Å². The third-order valence-corrected chi connectivity index (χ3v) is 7.02. The number of carbonyl (C=O) groups is 2. The third-order valence-electron chi connectivity index (χ3n) is 7.02. The Kier molecular flexibility index (Phi) is 5.90. The van der Waals surface area contributed by atoms with Gasteiger partial charge in [0, 0.05) is 19.7 Å². The average Bonchev–Trinajstić information content (AvgIpc) is 3.49. The number of carbonyl (C=O) groups excluding carboxylic acids is 2. The Balaban J connectivity index is 1.39. The number of ether oxygens (including phenoxy) is 1. The molecule has 6 heteroatoms. The van der Waals surface area contributed by atoms with Crippen molar-refractivity contribution in [2.75, 3.05) is 26.3 Å². The molecular weight excluding hydrogens is 378 g/mol. The van der Waals surface area contributed by atoms with E-state index in [-0.39, 0.29) is 23.8 Å². The van der Waals surface area contributed by atoms with E-state index in [4.69, 9.17) is 10.5 Å². The number of hydrogen-bond donors (Lipinski definition) is 2. The normalized spacial score (nSPS) is 21.4. The molecule has 1 spiro atoms. The highest BCUT2D eigenvalue weighted by molar-refractivity contribution is 5.91. The highest BCUT2D eigenvalue weighted by Gasteiger charge is 2.42. The summed E-state index contributed by atoms with van der Waals surface area (Å²) in [6.07, 6.45) is 6.63. The first-order valence-electron chi connectivity index (χ1n) is 11.3. The maximum absolute atomic E-state index is 13.3. The molecule has 1 heterocycles. The van der Waals surface area contributed by atoms with E-state index in [9.17, 15) is 9.59 Å². The molecule has 0 aromatic heterocycles. The second-order valence-corrected chi connectivity index (χ2v) is 9.99. The van der Waals surface area contributed by atoms with Gasteiger partial charge in [0.25, 0.3) is 0 Å². The lowest BCUT2D eigenvalue weighted by atomic mass is 9.74. The number of rotatable bonds is 7. The lowest BCUT2D eigenvalue weighted by molar-refractivity contribution is -0.140. The molecule has 1 aliphatic heterocycles. The molecule has 1 unspecified atom stereocenters. The minimum absolute atomic E-state index is 0.0514. The number of nitrogens with two attached hydrogens (primary N) is 1. The van der Waals surface area contributed by atoms with Crippen molar-refractivity contribution in [1.82, 2.24) is 10.2 Å². The molecule has 3 N–H and O–H groups in total. The van der Waals surface area contributed by atoms with Gasteiger partial charge in [0.2, 0.25) is 11.8 Å². The minimum Gasteiger partial charge on any atom is -0.378 e. The maximum atomic E-state index is 13.3. The molecule has 1 saturated carbocycles. The van der Waals surface area contributed by atoms with Crippen LogP contribution in [-0.4, -0.2) is 54.6 Å². The van der Waals surface area contributed by atoms with E-state index >= 15 is 0 Å². The standard InChI is InChI=1S/C24H35N3O3/c1-23(2,25)22(29)26-20(16-30-15-17-7-8-17)21(28)27-13-11-24(12-14-27)10-9-18-5-3-4-6-19(18)24/h3-6,17,20H,7-16,25H2,1-2H3,(H,26,29). The summed E-state index contributed by atoms with van der Waals surface area (Å²) in [5.41, 5.74) is 8.04. The smallest absolute Gasteiger partial charge is 0.247 e. The van der Waals surface area contributed by atoms with E-state index in [1.54, 1.807) is 13.8 Å². The monoisotopic (exact) mass is 413 g/mol. The van der Waals surface area contributed by atoms with Crippen LogP contribution < -0.4 is 11.1 Å². The van der Waals surface area contributed by atoms with Gasteiger partial charge in [-0.2, -0.15) is 0 Å². The summed E-state index contributed by atoms with van der Waals surface area (Å²) in [6.45, 7) is 5.60. The molecule has 1 saturated heterocycles. The van der Waals surface area contributed by atoms with Crippen LogP contribution in [-0.2, 0) is 26.2 Å². The summed E-state index contributed by atoms with van der Waals surface area (Å²) in [5, 5.41) is 2.84. The second kappa shape index (κ2) is 8.31. The highest BCUT2D eigenvalue weighted by Crippen LogP contribution is 2.46. The first kappa shape index (κ1) is 21.3. The van der Waals surface area contributed by atoms with Crippen molar-refractivity contribution >= 4 is 11.8 Å². The van der Waals surface area contributed by atoms with E-state index in [2.05, 4.69) is 29.6 Å². The number of benzene rings is 1. The van der Waals surface area contributed by atoms with Gasteiger partial charge in [-0.05, 0) is 74.8 Å². The van der Waals surface area contributed by atoms with Gasteiger partial charge in [0.15, 0.2) is 0 Å². The van der Waals surface area contributed by atoms with Crippen LogP contribution in [0.2, 0.25) is 0 Å². The summed E-state index contributed by atoms with van der Waals surface area (Å²) < 4.78 is 5.78. The SMILES string of the molecule is CC(C)(N)C(=O)NC(COCC1CC1)C(=O)N1CCC2(CCc3ccccc32)CC1. The summed E-state index contributed by atoms with van der Waals surface area (Å²) in [7, 11) is 0. The van der Waals surface area contributed by atoms with E-state index < -0.39 is 11.6 Å². The van der Waals surface area contributed by atoms with Gasteiger partial charge in [0.1, 0.15) is 6.04 Å². The lowest BCUT2D eigenvalue weighted by Gasteiger charge is -2.41. The van der Waals surface area contributed by atoms with Crippen LogP contribution in [0.15, 0.2) is 24.3 Å². The van der Waals surface area contributed by atoms with Gasteiger partial charge in [0.05, 0.1) is 12.1 Å². The molecule has 4 rings (SSSR count). The van der Waals surface area contributed by atoms with Crippen molar-refractivity contribution < 1.29 is 14.3 Å². The van der Waals surface area contributed by atoms with Crippen molar-refractivity contribution in [3.05, 3.63) is 35.4 Å². The second-order valence-electron chi connectivity index (χ2n) is 9.99. The predicted molar refractivity (Wildman–Crippen MR) is 116 cm³/mol. The molecule has 2 amide bonds. The minimum atomic E-state index is -1.03. The highest BCUT2D eigenvalue weighted by atomic mass is 16.5. The van der Waals surface area contributed by atoms with Gasteiger partial charge in [-0.1, -0.05) is 24.3 Å². The molecule has 1 atom stereocenters. The largest absolute Gasteiger partial charge is 0.378 e. The predicted octanol–water partition coefficient (Wildman–Crippen LogP) is 2.14. The van der Waals surface area contributed by atoms with Crippen LogP contribution in [0.25, 0.3) is 0 Å². The maximum Gasteiger partial charge on any atom is 0.247 e. The average molecular weight is 414 g/mol. The summed E-state index contributed by atoms with van der Waals surface area (Å²) in [4.78, 5) is 27.6. The fraction of sp³-hybridized carbons (Fsp3) is 0.667. The zero-order valence-corrected chi connectivity index (χ0v) is 18.3. The molecule has 0 radical (unpaired) electrons. The molecule has 1 aromatic carbocycles. The Morgan fingerprint density at radius 1 is 1.23 bits per heavy atom. The van der Waals surface area contributed by atoms with Gasteiger partial charge in [-0.3, -0.25) is 9.59 Å². The lowest BCUT2D eigenvalue weighted by Crippen LogP contribution is -2.59. The fourth-order valence-electron chi connectivity index (χ4n) is 4.82. The number of hydrogen-bond acceptors (Lipinski definition) is 4. The Bertz CT molecular complexity index is 789. The third kappa shape index (κ3) is 4.54. The zero-order chi connectivity index (χ0) is 21.4. The molecule has 164 valence electrons. The van der Waals surface area contributed by atoms with Gasteiger partial charge < -0.3 is 20.7 Å². The molecule has 2 aliphatic carbocycles. The number of nitrogens with one attached hydrogen (secondary N) is 1. The Morgan fingerprint density at radius 2 is 1.93 bits per heavy atom. The molecule has 0 bridgehead atoms. The number of nitrogens with zero attached hydrogens (tertiary/aromatic N) is 1. The molecule has 6 nitrogen and oxygen atoms in total. The van der Waals surface area contributed by atoms with E-state index in [0.29, 0.717) is 25.6 Å². The van der Waals surface area contributed by atoms with Crippen LogP contribution in [0.5, 0.6) is 0 Å². The number of piperidine rings is 1. The quantitative estimate of drug-likeness (QED) is 0.717. The van der Waals surface area contributed by atoms with Crippen molar-refractivity contribution in [3.8, 4) is 0 Å². The summed E-state index contributed by atoms with van der Waals surface area (Å²) in [6, 6.07) is 8.06. The summed E-state index contributed by atoms with van der Waals surface area (Å²) >= 11 is 0. The number of likely N-dealkylation sites (tertiary alicyclic amines) is 1. The number of aryl methyl sites for hydroxylation is 1. The van der Waals surface area contributed by atoms with E-state index in [1.807, 2.05) is 4.90 Å². The molecular formula is C24H35N3O3. The van der Waals surface area contributed by atoms with Gasteiger partial charge >= 0.3 is 0 Å². The van der Waals surface area contributed by atoms with Crippen LogP contribution in [0.1, 0.15) is 57.1 Å². The Hall–Kier alpha value is -1.92. The first-order chi connectivity index (χ1) is 14.3. The number of amides is 2. The van der Waals surface area contributed by atoms with Crippen LogP contribution >= 0.6 is 0 Å². The van der Waals surface area contributed by atoms with Crippen molar-refractivity contribution in [3.63, 3.8) is 0 Å². The van der Waals surface area contributed by atoms with Crippen LogP contribution in [0, 0.1) is 5.92 Å². The Labute approximate surface area is 179 Å². The molecule has 3 aliphatic rings. The van der Waals surface area contributed by atoms with Gasteiger partial charge in [-0.25, -0.2) is 0 Å². The number of fused-ring (bicyclic) bond motifs is 2. The van der Waals surface area contributed by atoms with Crippen LogP contribution in [0.4, 0.5) is 0 Å². The van der Waals surface area contributed by atoms with Crippen molar-refractivity contribution in [2.45, 2.75) is 69.4 Å².